The van der Waals surface area contributed by atoms with E-state index >= 15 is 0 Å². The van der Waals surface area contributed by atoms with Gasteiger partial charge in [0.15, 0.2) is 0 Å². The van der Waals surface area contributed by atoms with Crippen LogP contribution in [0.5, 0.6) is 5.75 Å². The lowest BCUT2D eigenvalue weighted by molar-refractivity contribution is -0.131. The van der Waals surface area contributed by atoms with Crippen molar-refractivity contribution in [2.45, 2.75) is 25.3 Å². The Kier molecular flexibility index (Phi) is 5.71. The highest BCUT2D eigenvalue weighted by Crippen LogP contribution is 2.25. The molecular formula is C21H26N2O2. The van der Waals surface area contributed by atoms with Gasteiger partial charge >= 0.3 is 0 Å². The summed E-state index contributed by atoms with van der Waals surface area (Å²) in [6, 6.07) is 17.3. The molecule has 1 amide bonds. The Morgan fingerprint density at radius 3 is 2.40 bits per heavy atom. The van der Waals surface area contributed by atoms with Crippen LogP contribution >= 0.6 is 0 Å². The quantitative estimate of drug-likeness (QED) is 0.879. The van der Waals surface area contributed by atoms with E-state index in [9.17, 15) is 9.90 Å². The molecule has 132 valence electrons. The summed E-state index contributed by atoms with van der Waals surface area (Å²) in [4.78, 5) is 17.1. The first-order valence-corrected chi connectivity index (χ1v) is 8.95. The molecule has 1 aliphatic rings. The summed E-state index contributed by atoms with van der Waals surface area (Å²) in [5, 5.41) is 9.95. The van der Waals surface area contributed by atoms with E-state index in [1.165, 1.54) is 12.8 Å². The fourth-order valence-electron chi connectivity index (χ4n) is 3.46. The van der Waals surface area contributed by atoms with Gasteiger partial charge in [0.25, 0.3) is 0 Å². The summed E-state index contributed by atoms with van der Waals surface area (Å²) in [7, 11) is 1.87. The number of phenolic OH excluding ortho intramolecular Hbond substituents is 1. The number of hydrogen-bond donors (Lipinski definition) is 1. The first-order chi connectivity index (χ1) is 12.1. The topological polar surface area (TPSA) is 43.8 Å². The second-order valence-electron chi connectivity index (χ2n) is 6.74. The zero-order valence-electron chi connectivity index (χ0n) is 14.8. The van der Waals surface area contributed by atoms with Gasteiger partial charge in [0.2, 0.25) is 5.91 Å². The zero-order chi connectivity index (χ0) is 17.6. The Hall–Kier alpha value is -2.33. The highest BCUT2D eigenvalue weighted by molar-refractivity contribution is 5.79. The fraction of sp³-hybridized carbons (Fsp3) is 0.381. The van der Waals surface area contributed by atoms with Crippen molar-refractivity contribution in [3.8, 4) is 5.75 Å². The first-order valence-electron chi connectivity index (χ1n) is 8.95. The van der Waals surface area contributed by atoms with Crippen molar-refractivity contribution in [1.82, 2.24) is 9.80 Å². The van der Waals surface area contributed by atoms with Gasteiger partial charge in [-0.2, -0.15) is 0 Å². The van der Waals surface area contributed by atoms with E-state index in [4.69, 9.17) is 0 Å². The summed E-state index contributed by atoms with van der Waals surface area (Å²) in [6.07, 6.45) is 2.68. The molecule has 1 N–H and O–H groups in total. The molecule has 0 aromatic heterocycles. The minimum atomic E-state index is 0.0227. The molecule has 0 aliphatic carbocycles. The Balaban J connectivity index is 1.76. The third kappa shape index (κ3) is 4.40. The molecule has 1 heterocycles. The smallest absolute Gasteiger partial charge is 0.227 e. The summed E-state index contributed by atoms with van der Waals surface area (Å²) >= 11 is 0. The summed E-state index contributed by atoms with van der Waals surface area (Å²) in [5.41, 5.74) is 1.83. The van der Waals surface area contributed by atoms with E-state index in [0.717, 1.165) is 25.2 Å². The third-order valence-corrected chi connectivity index (χ3v) is 5.01. The molecule has 1 fully saturated rings. The minimum Gasteiger partial charge on any atom is -0.508 e. The predicted molar refractivity (Wildman–Crippen MR) is 99.4 cm³/mol. The third-order valence-electron chi connectivity index (χ3n) is 5.01. The van der Waals surface area contributed by atoms with Gasteiger partial charge in [-0.3, -0.25) is 4.79 Å². The van der Waals surface area contributed by atoms with Crippen LogP contribution in [0.2, 0.25) is 0 Å². The Morgan fingerprint density at radius 1 is 1.08 bits per heavy atom. The second kappa shape index (κ2) is 8.17. The lowest BCUT2D eigenvalue weighted by Crippen LogP contribution is -2.39. The average molecular weight is 338 g/mol. The van der Waals surface area contributed by atoms with Gasteiger partial charge in [0, 0.05) is 19.2 Å². The van der Waals surface area contributed by atoms with Crippen LogP contribution in [0.25, 0.3) is 0 Å². The molecule has 3 rings (SSSR count). The van der Waals surface area contributed by atoms with Crippen molar-refractivity contribution in [1.29, 1.82) is 0 Å². The number of para-hydroxylation sites is 1. The van der Waals surface area contributed by atoms with Crippen molar-refractivity contribution in [3.05, 3.63) is 65.7 Å². The number of amides is 1. The molecule has 1 saturated heterocycles. The molecule has 1 aliphatic heterocycles. The number of hydrogen-bond acceptors (Lipinski definition) is 3. The van der Waals surface area contributed by atoms with E-state index in [0.29, 0.717) is 5.56 Å². The number of carbonyl (C=O) groups is 1. The number of likely N-dealkylation sites (N-methyl/N-ethyl adjacent to an activating group) is 1. The molecule has 0 radical (unpaired) electrons. The van der Waals surface area contributed by atoms with E-state index < -0.39 is 0 Å². The van der Waals surface area contributed by atoms with Crippen LogP contribution in [0.15, 0.2) is 54.6 Å². The molecule has 0 bridgehead atoms. The SMILES string of the molecule is CN(C(=O)Cc1ccccc1O)C(CN1CCCC1)c1ccccc1. The van der Waals surface area contributed by atoms with E-state index in [1.807, 2.05) is 36.2 Å². The maximum Gasteiger partial charge on any atom is 0.227 e. The Morgan fingerprint density at radius 2 is 1.72 bits per heavy atom. The number of phenols is 1. The number of carbonyl (C=O) groups excluding carboxylic acids is 1. The maximum atomic E-state index is 12.8. The van der Waals surface area contributed by atoms with Crippen LogP contribution in [0.1, 0.15) is 30.0 Å². The van der Waals surface area contributed by atoms with Gasteiger partial charge < -0.3 is 14.9 Å². The highest BCUT2D eigenvalue weighted by Gasteiger charge is 2.25. The van der Waals surface area contributed by atoms with Gasteiger partial charge in [0.05, 0.1) is 12.5 Å². The van der Waals surface area contributed by atoms with Crippen molar-refractivity contribution < 1.29 is 9.90 Å². The molecule has 1 unspecified atom stereocenters. The normalized spacial score (nSPS) is 15.9. The largest absolute Gasteiger partial charge is 0.508 e. The summed E-state index contributed by atoms with van der Waals surface area (Å²) < 4.78 is 0. The number of nitrogens with zero attached hydrogens (tertiary/aromatic N) is 2. The first kappa shape index (κ1) is 17.5. The van der Waals surface area contributed by atoms with Crippen molar-refractivity contribution in [2.24, 2.45) is 0 Å². The zero-order valence-corrected chi connectivity index (χ0v) is 14.8. The van der Waals surface area contributed by atoms with Crippen molar-refractivity contribution in [2.75, 3.05) is 26.7 Å². The standard InChI is InChI=1S/C21H26N2O2/c1-22(21(25)15-18-11-5-6-12-20(18)24)19(16-23-13-7-8-14-23)17-9-3-2-4-10-17/h2-6,9-12,19,24H,7-8,13-16H2,1H3. The number of aromatic hydroxyl groups is 1. The number of rotatable bonds is 6. The number of likely N-dealkylation sites (tertiary alicyclic amines) is 1. The molecule has 4 nitrogen and oxygen atoms in total. The fourth-order valence-corrected chi connectivity index (χ4v) is 3.46. The minimum absolute atomic E-state index is 0.0227. The maximum absolute atomic E-state index is 12.8. The average Bonchev–Trinajstić information content (AvgIpc) is 3.15. The molecule has 2 aromatic rings. The van der Waals surface area contributed by atoms with Gasteiger partial charge in [-0.25, -0.2) is 0 Å². The van der Waals surface area contributed by atoms with Gasteiger partial charge in [-0.05, 0) is 37.6 Å². The van der Waals surface area contributed by atoms with Crippen molar-refractivity contribution >= 4 is 5.91 Å². The lowest BCUT2D eigenvalue weighted by Gasteiger charge is -2.32. The number of benzene rings is 2. The van der Waals surface area contributed by atoms with Crippen molar-refractivity contribution in [3.63, 3.8) is 0 Å². The van der Waals surface area contributed by atoms with E-state index in [-0.39, 0.29) is 24.1 Å². The molecular weight excluding hydrogens is 312 g/mol. The van der Waals surface area contributed by atoms with Crippen LogP contribution < -0.4 is 0 Å². The molecule has 4 heteroatoms. The monoisotopic (exact) mass is 338 g/mol. The summed E-state index contributed by atoms with van der Waals surface area (Å²) in [5.74, 6) is 0.203. The molecule has 0 saturated carbocycles. The van der Waals surface area contributed by atoms with Crippen LogP contribution in [0, 0.1) is 0 Å². The van der Waals surface area contributed by atoms with Crippen LogP contribution in [0.3, 0.4) is 0 Å². The van der Waals surface area contributed by atoms with Gasteiger partial charge in [0.1, 0.15) is 5.75 Å². The predicted octanol–water partition coefficient (Wildman–Crippen LogP) is 3.23. The Labute approximate surface area is 149 Å². The molecule has 0 spiro atoms. The van der Waals surface area contributed by atoms with Crippen LogP contribution in [-0.2, 0) is 11.2 Å². The molecule has 2 aromatic carbocycles. The van der Waals surface area contributed by atoms with E-state index in [2.05, 4.69) is 17.0 Å². The van der Waals surface area contributed by atoms with Gasteiger partial charge in [-0.15, -0.1) is 0 Å². The van der Waals surface area contributed by atoms with Gasteiger partial charge in [-0.1, -0.05) is 48.5 Å². The van der Waals surface area contributed by atoms with Crippen LogP contribution in [0.4, 0.5) is 0 Å². The van der Waals surface area contributed by atoms with Crippen LogP contribution in [-0.4, -0.2) is 47.5 Å². The highest BCUT2D eigenvalue weighted by atomic mass is 16.3. The summed E-state index contributed by atoms with van der Waals surface area (Å²) in [6.45, 7) is 3.06. The van der Waals surface area contributed by atoms with E-state index in [1.54, 1.807) is 18.2 Å². The molecule has 1 atom stereocenters. The molecule has 25 heavy (non-hydrogen) atoms. The second-order valence-corrected chi connectivity index (χ2v) is 6.74. The Bertz CT molecular complexity index is 696. The lowest BCUT2D eigenvalue weighted by atomic mass is 10.0.